The highest BCUT2D eigenvalue weighted by Gasteiger charge is 2.47. The number of hydrogen-bond acceptors (Lipinski definition) is 24. The molecular weight excluding hydrogens is 1770 g/mol. The second kappa shape index (κ2) is 50.2. The van der Waals surface area contributed by atoms with E-state index < -0.39 is 298 Å². The maximum absolute atomic E-state index is 15.8. The van der Waals surface area contributed by atoms with E-state index in [2.05, 4.69) is 63.1 Å². The molecule has 45 nitrogen and oxygen atoms in total. The summed E-state index contributed by atoms with van der Waals surface area (Å²) in [4.78, 5) is 297. The van der Waals surface area contributed by atoms with Gasteiger partial charge in [0.05, 0.1) is 31.4 Å². The van der Waals surface area contributed by atoms with Gasteiger partial charge >= 0.3 is 11.9 Å². The zero-order chi connectivity index (χ0) is 98.5. The van der Waals surface area contributed by atoms with E-state index in [9.17, 15) is 87.9 Å². The first-order valence-electron chi connectivity index (χ1n) is 44.1. The van der Waals surface area contributed by atoms with Gasteiger partial charge in [0, 0.05) is 119 Å². The van der Waals surface area contributed by atoms with Crippen LogP contribution in [0.2, 0.25) is 0 Å². The van der Waals surface area contributed by atoms with Crippen LogP contribution in [-0.2, 0) is 115 Å². The van der Waals surface area contributed by atoms with Gasteiger partial charge in [-0.3, -0.25) is 95.9 Å². The first kappa shape index (κ1) is 106. The van der Waals surface area contributed by atoms with Crippen molar-refractivity contribution in [2.45, 2.75) is 233 Å². The van der Waals surface area contributed by atoms with Crippen LogP contribution >= 0.6 is 11.8 Å². The van der Waals surface area contributed by atoms with Crippen molar-refractivity contribution in [3.8, 4) is 5.75 Å². The summed E-state index contributed by atoms with van der Waals surface area (Å²) in [5, 5.41) is 78.6. The summed E-state index contributed by atoms with van der Waals surface area (Å²) in [6.07, 6.45) is -3.97. The van der Waals surface area contributed by atoms with Gasteiger partial charge in [-0.1, -0.05) is 88.1 Å². The molecule has 3 saturated heterocycles. The molecule has 134 heavy (non-hydrogen) atoms. The number of primary amides is 3. The van der Waals surface area contributed by atoms with E-state index in [4.69, 9.17) is 17.2 Å². The van der Waals surface area contributed by atoms with Crippen LogP contribution in [0.25, 0.3) is 21.8 Å². The van der Waals surface area contributed by atoms with Crippen LogP contribution in [0.15, 0.2) is 85.2 Å². The molecule has 46 heteroatoms. The van der Waals surface area contributed by atoms with Crippen LogP contribution in [0.5, 0.6) is 5.75 Å². The van der Waals surface area contributed by atoms with E-state index in [0.717, 1.165) is 31.5 Å². The quantitative estimate of drug-likeness (QED) is 0.0237. The Morgan fingerprint density at radius 3 is 1.54 bits per heavy atom. The van der Waals surface area contributed by atoms with Gasteiger partial charge in [-0.05, 0) is 92.8 Å². The van der Waals surface area contributed by atoms with Crippen molar-refractivity contribution in [1.29, 1.82) is 0 Å². The Morgan fingerprint density at radius 2 is 0.970 bits per heavy atom. The van der Waals surface area contributed by atoms with Crippen LogP contribution in [0.3, 0.4) is 0 Å². The number of aliphatic hydroxyl groups is 2. The van der Waals surface area contributed by atoms with Crippen molar-refractivity contribution in [1.82, 2.24) is 87.6 Å². The van der Waals surface area contributed by atoms with Gasteiger partial charge in [-0.25, -0.2) is 0 Å². The van der Waals surface area contributed by atoms with E-state index in [1.54, 1.807) is 68.6 Å². The minimum absolute atomic E-state index is 0.0904. The zero-order valence-corrected chi connectivity index (χ0v) is 76.0. The molecular formula is C88H120N20O25S. The molecule has 8 rings (SSSR count). The number of amides is 18. The summed E-state index contributed by atoms with van der Waals surface area (Å²) in [5.41, 5.74) is 18.9. The number of thioether (sulfide) groups is 1. The molecule has 23 N–H and O–H groups in total. The number of phenolic OH excluding ortho intramolecular Hbond substituents is 1. The number of benzene rings is 3. The minimum Gasteiger partial charge on any atom is -0.508 e. The number of hydrogen-bond donors (Lipinski definition) is 20. The van der Waals surface area contributed by atoms with Crippen LogP contribution in [0.4, 0.5) is 0 Å². The van der Waals surface area contributed by atoms with E-state index >= 15 is 33.6 Å². The number of nitrogens with zero attached hydrogens (tertiary/aromatic N) is 5. The molecule has 728 valence electrons. The highest BCUT2D eigenvalue weighted by atomic mass is 32.2. The van der Waals surface area contributed by atoms with Gasteiger partial charge in [-0.2, -0.15) is 0 Å². The molecule has 3 fully saturated rings. The number of likely N-dealkylation sites (N-methyl/N-ethyl adjacent to an activating group) is 3. The highest BCUT2D eigenvalue weighted by molar-refractivity contribution is 8.00. The first-order valence-corrected chi connectivity index (χ1v) is 45.2. The Bertz CT molecular complexity index is 5130. The molecule has 5 heterocycles. The summed E-state index contributed by atoms with van der Waals surface area (Å²) < 4.78 is 0. The van der Waals surface area contributed by atoms with E-state index in [0.29, 0.717) is 63.1 Å². The number of nitrogens with two attached hydrogens (primary N) is 3. The monoisotopic (exact) mass is 1890 g/mol. The summed E-state index contributed by atoms with van der Waals surface area (Å²) in [6.45, 7) is 1.95. The second-order valence-corrected chi connectivity index (χ2v) is 34.5. The number of para-hydroxylation sites is 2. The van der Waals surface area contributed by atoms with Crippen molar-refractivity contribution in [3.05, 3.63) is 102 Å². The maximum atomic E-state index is 15.8. The van der Waals surface area contributed by atoms with Crippen LogP contribution < -0.4 is 70.4 Å². The molecule has 0 aliphatic carbocycles. The lowest BCUT2D eigenvalue weighted by atomic mass is 9.99. The van der Waals surface area contributed by atoms with Crippen LogP contribution in [0, 0.1) is 0 Å². The Balaban J connectivity index is 1.21. The predicted octanol–water partition coefficient (Wildman–Crippen LogP) is -4.21. The molecule has 3 aliphatic rings. The summed E-state index contributed by atoms with van der Waals surface area (Å²) >= 11 is 0.680. The number of rotatable bonds is 27. The number of aromatic amines is 2. The average molecular weight is 1890 g/mol. The standard InChI is InChI=1S/C88H120N20O25S/c1-7-9-20-65-81(126)97-57(29-32-74(118)119)78(123)103-64(76(121)94-41-71(91)114)44-134-45-72(115)95-60(34-47-23-25-50(110)26-24-47)84(129)104(4)46(3)75(120)100-62(38-70(90)113)87(132)107-33-15-22-66(107)82(127)102-63(43-109)80(125)98-58(27-30-69(89)112)86(131)108-42-51(111)37-68(108)83(128)99-59(35-48-39-92-54-18-13-11-16-52(48)54)79(124)96-56(28-31-73(116)117)77(122)101-61(36-49-40-93-55-19-14-12-17-53(49)55)85(130)106(6)67(21-10-8-2)88(133)105(65)5/h11-14,16-19,23-26,39-40,46,51,56-68,92-93,109-111H,7-10,15,20-22,27-38,41-45H2,1-6H3,(H2,89,112)(H2,90,113)(H2,91,114)(H,94,121)(H,95,115)(H,96,124)(H,97,126)(H,98,125)(H,99,128)(H,100,120)(H,101,122)(H,102,127)(H,103,123)(H,116,117)(H,118,119)/t46-,51+,56-,57-,58-,59-,60-,61-,62-,63-,64-,65-,66-,67-,68-/m0/s1. The molecule has 0 unspecified atom stereocenters. The van der Waals surface area contributed by atoms with Crippen LogP contribution in [-0.4, -0.2) is 328 Å². The van der Waals surface area contributed by atoms with Gasteiger partial charge in [-0.15, -0.1) is 11.8 Å². The molecule has 18 amide bonds. The predicted molar refractivity (Wildman–Crippen MR) is 481 cm³/mol. The fraction of sp³-hybridized carbons (Fsp3) is 0.523. The van der Waals surface area contributed by atoms with E-state index in [1.807, 2.05) is 0 Å². The molecule has 0 bridgehead atoms. The number of carboxylic acid groups (broad SMARTS) is 2. The summed E-state index contributed by atoms with van der Waals surface area (Å²) in [5.74, 6) is -23.5. The highest BCUT2D eigenvalue weighted by Crippen LogP contribution is 2.28. The Hall–Kier alpha value is -13.8. The molecule has 0 radical (unpaired) electrons. The van der Waals surface area contributed by atoms with Crippen molar-refractivity contribution in [3.63, 3.8) is 0 Å². The van der Waals surface area contributed by atoms with Gasteiger partial charge < -0.3 is 130 Å². The van der Waals surface area contributed by atoms with E-state index in [1.165, 1.54) is 51.5 Å². The summed E-state index contributed by atoms with van der Waals surface area (Å²) in [6, 6.07) is -4.92. The fourth-order valence-electron chi connectivity index (χ4n) is 16.1. The van der Waals surface area contributed by atoms with Crippen molar-refractivity contribution in [2.24, 2.45) is 17.2 Å². The normalized spacial score (nSPS) is 24.8. The van der Waals surface area contributed by atoms with Crippen molar-refractivity contribution < 1.29 is 121 Å². The Labute approximate surface area is 774 Å². The van der Waals surface area contributed by atoms with Gasteiger partial charge in [0.15, 0.2) is 0 Å². The first-order chi connectivity index (χ1) is 63.6. The molecule has 5 aromatic rings. The number of aliphatic hydroxyl groups excluding tert-OH is 2. The number of aliphatic carboxylic acids is 2. The van der Waals surface area contributed by atoms with Crippen molar-refractivity contribution in [2.75, 3.05) is 58.9 Å². The number of aromatic nitrogens is 2. The zero-order valence-electron chi connectivity index (χ0n) is 75.2. The van der Waals surface area contributed by atoms with Crippen LogP contribution in [0.1, 0.15) is 140 Å². The molecule has 3 aliphatic heterocycles. The second-order valence-electron chi connectivity index (χ2n) is 33.5. The van der Waals surface area contributed by atoms with Crippen molar-refractivity contribution >= 4 is 152 Å². The lowest BCUT2D eigenvalue weighted by molar-refractivity contribution is -0.149. The van der Waals surface area contributed by atoms with Gasteiger partial charge in [0.2, 0.25) is 106 Å². The average Bonchev–Trinajstić information content (AvgIpc) is 1.55. The molecule has 2 aromatic heterocycles. The maximum Gasteiger partial charge on any atom is 0.303 e. The Kier molecular flexibility index (Phi) is 39.5. The number of fused-ring (bicyclic) bond motifs is 4. The lowest BCUT2D eigenvalue weighted by Gasteiger charge is -2.36. The third kappa shape index (κ3) is 29.6. The summed E-state index contributed by atoms with van der Waals surface area (Å²) in [7, 11) is 3.69. The molecule has 0 saturated carbocycles. The number of nitrogens with one attached hydrogen (secondary N) is 12. The fourth-order valence-corrected chi connectivity index (χ4v) is 16.9. The SMILES string of the molecule is CCCC[C@H]1C(=O)N(C)[C@@H](CCCC)C(=O)N[C@@H](CCC(=O)O)C(=O)N[C@H](C(=O)NCC(N)=O)CSCC(=O)N[C@@H](Cc2ccc(O)cc2)C(=O)N(C)[C@@H](C)C(=O)N[C@@H](CC(N)=O)C(=O)N2CCC[C@H]2C(=O)N[C@@H](CO)C(=O)N[C@@H](CCC(N)=O)C(=O)N2C[C@H](O)C[C@H]2C(=O)N[C@@H](Cc2c[nH]c3ccccc23)C(=O)N[C@@H](CCC(=O)O)C(=O)N[C@@H](Cc2c[nH]c3ccccc23)C(=O)N1C. The lowest BCUT2D eigenvalue weighted by Crippen LogP contribution is -2.61. The topological polar surface area (TPSA) is 689 Å². The van der Waals surface area contributed by atoms with Gasteiger partial charge in [0.25, 0.3) is 0 Å². The minimum atomic E-state index is -1.97. The number of H-pyrrole nitrogens is 2. The Morgan fingerprint density at radius 1 is 0.485 bits per heavy atom. The van der Waals surface area contributed by atoms with E-state index in [-0.39, 0.29) is 63.7 Å². The number of carboxylic acids is 2. The number of carbonyl (C=O) groups excluding carboxylic acids is 18. The molecule has 3 aromatic carbocycles. The number of aromatic hydroxyl groups is 1. The third-order valence-corrected chi connectivity index (χ3v) is 24.7. The van der Waals surface area contributed by atoms with Gasteiger partial charge in [0.1, 0.15) is 90.3 Å². The smallest absolute Gasteiger partial charge is 0.303 e. The number of phenols is 1. The third-order valence-electron chi connectivity index (χ3n) is 23.6. The number of unbranched alkanes of at least 4 members (excludes halogenated alkanes) is 2. The number of carbonyl (C=O) groups is 20. The molecule has 15 atom stereocenters. The largest absolute Gasteiger partial charge is 0.508 e. The molecule has 0 spiro atoms.